The van der Waals surface area contributed by atoms with Gasteiger partial charge in [0.1, 0.15) is 0 Å². The van der Waals surface area contributed by atoms with Gasteiger partial charge in [-0.15, -0.1) is 5.10 Å². The fraction of sp³-hybridized carbons (Fsp3) is 0.286. The van der Waals surface area contributed by atoms with E-state index in [0.717, 1.165) is 12.4 Å². The van der Waals surface area contributed by atoms with E-state index in [-0.39, 0.29) is 0 Å². The second-order valence-electron chi connectivity index (χ2n) is 6.68. The summed E-state index contributed by atoms with van der Waals surface area (Å²) >= 11 is 0. The molecule has 0 spiro atoms. The highest BCUT2D eigenvalue weighted by Gasteiger charge is 2.14. The molecule has 2 aromatic carbocycles. The Morgan fingerprint density at radius 2 is 1.69 bits per heavy atom. The molecule has 1 aromatic heterocycles. The fourth-order valence-corrected chi connectivity index (χ4v) is 2.70. The van der Waals surface area contributed by atoms with Crippen molar-refractivity contribution in [2.45, 2.75) is 39.9 Å². The maximum atomic E-state index is 4.66. The highest BCUT2D eigenvalue weighted by molar-refractivity contribution is 5.42. The second-order valence-corrected chi connectivity index (χ2v) is 6.68. The minimum absolute atomic E-state index is 0.303. The van der Waals surface area contributed by atoms with Crippen molar-refractivity contribution in [3.63, 3.8) is 0 Å². The van der Waals surface area contributed by atoms with E-state index in [1.807, 2.05) is 6.07 Å². The number of benzene rings is 2. The first-order chi connectivity index (χ1) is 12.6. The van der Waals surface area contributed by atoms with Crippen molar-refractivity contribution in [2.75, 3.05) is 10.2 Å². The molecule has 0 aliphatic carbocycles. The van der Waals surface area contributed by atoms with Gasteiger partial charge in [0, 0.05) is 19.1 Å². The van der Waals surface area contributed by atoms with Gasteiger partial charge >= 0.3 is 0 Å². The molecule has 0 saturated heterocycles. The number of nitrogens with zero attached hydrogens (tertiary/aromatic N) is 4. The van der Waals surface area contributed by atoms with Gasteiger partial charge in [-0.25, -0.2) is 0 Å². The molecule has 0 unspecified atom stereocenters. The molecule has 0 amide bonds. The van der Waals surface area contributed by atoms with Crippen LogP contribution in [-0.4, -0.2) is 21.2 Å². The lowest BCUT2D eigenvalue weighted by molar-refractivity contribution is 0.667. The van der Waals surface area contributed by atoms with E-state index < -0.39 is 0 Å². The lowest BCUT2D eigenvalue weighted by Crippen LogP contribution is -2.31. The highest BCUT2D eigenvalue weighted by Crippen LogP contribution is 2.18. The summed E-state index contributed by atoms with van der Waals surface area (Å²) in [7, 11) is 0. The Bertz CT molecular complexity index is 815. The van der Waals surface area contributed by atoms with Gasteiger partial charge in [-0.1, -0.05) is 60.2 Å². The largest absolute Gasteiger partial charge is 0.349 e. The normalized spacial score (nSPS) is 10.8. The molecular formula is C21H25N5. The number of hydrogen-bond donors (Lipinski definition) is 1. The van der Waals surface area contributed by atoms with Crippen LogP contribution in [0.3, 0.4) is 0 Å². The minimum atomic E-state index is 0.303. The summed E-state index contributed by atoms with van der Waals surface area (Å²) in [5, 5.41) is 11.5. The van der Waals surface area contributed by atoms with Crippen molar-refractivity contribution < 1.29 is 0 Å². The van der Waals surface area contributed by atoms with Crippen LogP contribution in [0, 0.1) is 6.92 Å². The van der Waals surface area contributed by atoms with E-state index in [1.165, 1.54) is 16.7 Å². The van der Waals surface area contributed by atoms with E-state index in [4.69, 9.17) is 0 Å². The van der Waals surface area contributed by atoms with Crippen molar-refractivity contribution in [2.24, 2.45) is 0 Å². The first-order valence-corrected chi connectivity index (χ1v) is 8.91. The first-order valence-electron chi connectivity index (χ1n) is 8.91. The van der Waals surface area contributed by atoms with Crippen LogP contribution < -0.4 is 10.2 Å². The van der Waals surface area contributed by atoms with Crippen molar-refractivity contribution in [3.8, 4) is 0 Å². The Labute approximate surface area is 155 Å². The van der Waals surface area contributed by atoms with Gasteiger partial charge in [0.15, 0.2) is 5.82 Å². The smallest absolute Gasteiger partial charge is 0.244 e. The molecular weight excluding hydrogens is 322 g/mol. The average molecular weight is 347 g/mol. The fourth-order valence-electron chi connectivity index (χ4n) is 2.70. The highest BCUT2D eigenvalue weighted by atomic mass is 15.3. The molecule has 0 bridgehead atoms. The van der Waals surface area contributed by atoms with Crippen LogP contribution in [0.25, 0.3) is 0 Å². The SMILES string of the molecule is Cc1ccc(CNc2nncc(N(Cc3ccccc3)C(C)C)n2)cc1. The number of aryl methyl sites for hydroxylation is 1. The van der Waals surface area contributed by atoms with Crippen molar-refractivity contribution in [1.82, 2.24) is 15.2 Å². The van der Waals surface area contributed by atoms with Crippen LogP contribution in [0.4, 0.5) is 11.8 Å². The Kier molecular flexibility index (Phi) is 5.79. The molecule has 0 aliphatic heterocycles. The molecule has 3 rings (SSSR count). The van der Waals surface area contributed by atoms with Crippen LogP contribution >= 0.6 is 0 Å². The standard InChI is InChI=1S/C21H25N5/c1-16(2)26(15-19-7-5-4-6-8-19)20-14-23-25-21(24-20)22-13-18-11-9-17(3)10-12-18/h4-12,14,16H,13,15H2,1-3H3,(H,22,24,25). The number of anilines is 2. The van der Waals surface area contributed by atoms with Gasteiger partial charge in [-0.05, 0) is 31.9 Å². The maximum absolute atomic E-state index is 4.66. The summed E-state index contributed by atoms with van der Waals surface area (Å²) in [5.74, 6) is 1.37. The third kappa shape index (κ3) is 4.79. The molecule has 5 nitrogen and oxygen atoms in total. The molecule has 26 heavy (non-hydrogen) atoms. The minimum Gasteiger partial charge on any atom is -0.349 e. The number of rotatable bonds is 7. The molecule has 0 fully saturated rings. The summed E-state index contributed by atoms with van der Waals surface area (Å²) in [6, 6.07) is 19.1. The van der Waals surface area contributed by atoms with E-state index in [0.29, 0.717) is 18.5 Å². The molecule has 0 atom stereocenters. The lowest BCUT2D eigenvalue weighted by Gasteiger charge is -2.27. The van der Waals surface area contributed by atoms with Crippen LogP contribution in [0.5, 0.6) is 0 Å². The average Bonchev–Trinajstić information content (AvgIpc) is 2.66. The van der Waals surface area contributed by atoms with Gasteiger partial charge in [0.05, 0.1) is 6.20 Å². The summed E-state index contributed by atoms with van der Waals surface area (Å²) in [5.41, 5.74) is 3.69. The lowest BCUT2D eigenvalue weighted by atomic mass is 10.1. The molecule has 1 N–H and O–H groups in total. The van der Waals surface area contributed by atoms with E-state index in [1.54, 1.807) is 6.20 Å². The van der Waals surface area contributed by atoms with E-state index in [9.17, 15) is 0 Å². The van der Waals surface area contributed by atoms with Crippen molar-refractivity contribution >= 4 is 11.8 Å². The van der Waals surface area contributed by atoms with Gasteiger partial charge in [0.2, 0.25) is 5.95 Å². The Morgan fingerprint density at radius 1 is 0.962 bits per heavy atom. The third-order valence-corrected chi connectivity index (χ3v) is 4.23. The Hall–Kier alpha value is -2.95. The summed E-state index contributed by atoms with van der Waals surface area (Å²) in [6.07, 6.45) is 1.72. The monoisotopic (exact) mass is 347 g/mol. The first kappa shape index (κ1) is 17.9. The van der Waals surface area contributed by atoms with Crippen molar-refractivity contribution in [1.29, 1.82) is 0 Å². The molecule has 0 saturated carbocycles. The molecule has 3 aromatic rings. The van der Waals surface area contributed by atoms with Gasteiger partial charge in [-0.3, -0.25) is 0 Å². The van der Waals surface area contributed by atoms with Crippen LogP contribution in [-0.2, 0) is 13.1 Å². The van der Waals surface area contributed by atoms with E-state index in [2.05, 4.69) is 94.7 Å². The predicted molar refractivity (Wildman–Crippen MR) is 106 cm³/mol. The third-order valence-electron chi connectivity index (χ3n) is 4.23. The number of hydrogen-bond acceptors (Lipinski definition) is 5. The molecule has 0 aliphatic rings. The van der Waals surface area contributed by atoms with Crippen molar-refractivity contribution in [3.05, 3.63) is 77.5 Å². The van der Waals surface area contributed by atoms with Crippen LogP contribution in [0.2, 0.25) is 0 Å². The molecule has 1 heterocycles. The molecule has 5 heteroatoms. The quantitative estimate of drug-likeness (QED) is 0.694. The van der Waals surface area contributed by atoms with Crippen LogP contribution in [0.15, 0.2) is 60.8 Å². The maximum Gasteiger partial charge on any atom is 0.244 e. The summed E-state index contributed by atoms with van der Waals surface area (Å²) < 4.78 is 0. The van der Waals surface area contributed by atoms with Gasteiger partial charge in [-0.2, -0.15) is 10.1 Å². The van der Waals surface area contributed by atoms with E-state index >= 15 is 0 Å². The second kappa shape index (κ2) is 8.43. The topological polar surface area (TPSA) is 53.9 Å². The van der Waals surface area contributed by atoms with Gasteiger partial charge in [0.25, 0.3) is 0 Å². The van der Waals surface area contributed by atoms with Gasteiger partial charge < -0.3 is 10.2 Å². The number of aromatic nitrogens is 3. The zero-order valence-corrected chi connectivity index (χ0v) is 15.6. The Balaban J connectivity index is 1.72. The zero-order valence-electron chi connectivity index (χ0n) is 15.6. The summed E-state index contributed by atoms with van der Waals surface area (Å²) in [4.78, 5) is 6.89. The predicted octanol–water partition coefficient (Wildman–Crippen LogP) is 4.21. The molecule has 134 valence electrons. The van der Waals surface area contributed by atoms with Crippen LogP contribution in [0.1, 0.15) is 30.5 Å². The zero-order chi connectivity index (χ0) is 18.4. The summed E-state index contributed by atoms with van der Waals surface area (Å²) in [6.45, 7) is 7.86. The molecule has 0 radical (unpaired) electrons. The number of nitrogens with one attached hydrogen (secondary N) is 1. The Morgan fingerprint density at radius 3 is 2.38 bits per heavy atom.